The van der Waals surface area contributed by atoms with E-state index in [0.29, 0.717) is 24.4 Å². The van der Waals surface area contributed by atoms with Gasteiger partial charge in [0.1, 0.15) is 23.3 Å². The number of pyridine rings is 1. The highest BCUT2D eigenvalue weighted by Gasteiger charge is 2.35. The van der Waals surface area contributed by atoms with E-state index in [2.05, 4.69) is 16.1 Å². The van der Waals surface area contributed by atoms with Gasteiger partial charge < -0.3 is 10.0 Å². The molecule has 2 aromatic heterocycles. The van der Waals surface area contributed by atoms with Crippen molar-refractivity contribution in [3.05, 3.63) is 62.5 Å². The third kappa shape index (κ3) is 4.61. The lowest BCUT2D eigenvalue weighted by molar-refractivity contribution is 0.0687. The third-order valence-electron chi connectivity index (χ3n) is 5.90. The van der Waals surface area contributed by atoms with Crippen molar-refractivity contribution in [3.8, 4) is 28.7 Å². The van der Waals surface area contributed by atoms with E-state index >= 15 is 0 Å². The first-order valence-electron chi connectivity index (χ1n) is 11.0. The number of benzene rings is 1. The predicted octanol–water partition coefficient (Wildman–Crippen LogP) is 3.11. The van der Waals surface area contributed by atoms with Crippen LogP contribution in [0.4, 0.5) is 8.78 Å². The van der Waals surface area contributed by atoms with Crippen LogP contribution in [0.3, 0.4) is 0 Å². The number of hydrogen-bond donors (Lipinski definition) is 1. The number of carbonyl (C=O) groups is 1. The fourth-order valence-electron chi connectivity index (χ4n) is 3.90. The zero-order valence-electron chi connectivity index (χ0n) is 19.2. The molecule has 11 heteroatoms. The molecule has 1 aliphatic rings. The number of hydrogen-bond acceptors (Lipinski definition) is 7. The van der Waals surface area contributed by atoms with Crippen LogP contribution in [0.25, 0.3) is 10.6 Å². The molecule has 1 amide bonds. The fourth-order valence-corrected chi connectivity index (χ4v) is 4.77. The Morgan fingerprint density at radius 3 is 2.74 bits per heavy atom. The molecule has 0 bridgehead atoms. The second-order valence-electron chi connectivity index (χ2n) is 8.16. The second-order valence-corrected chi connectivity index (χ2v) is 9.22. The molecule has 8 nitrogen and oxygen atoms in total. The van der Waals surface area contributed by atoms with Gasteiger partial charge in [0.2, 0.25) is 5.43 Å². The Hall–Kier alpha value is -3.78. The molecule has 35 heavy (non-hydrogen) atoms. The number of nitrogens with zero attached hydrogens (tertiary/aromatic N) is 5. The van der Waals surface area contributed by atoms with Crippen LogP contribution in [0.2, 0.25) is 0 Å². The Morgan fingerprint density at radius 1 is 1.29 bits per heavy atom. The van der Waals surface area contributed by atoms with Gasteiger partial charge in [0.15, 0.2) is 16.5 Å². The second kappa shape index (κ2) is 9.84. The molecule has 0 saturated carbocycles. The number of amides is 1. The molecule has 182 valence electrons. The lowest BCUT2D eigenvalue weighted by atomic mass is 10.1. The molecule has 3 heterocycles. The van der Waals surface area contributed by atoms with Gasteiger partial charge in [-0.1, -0.05) is 17.4 Å². The van der Waals surface area contributed by atoms with Crippen LogP contribution in [0.1, 0.15) is 47.7 Å². The molecule has 1 aliphatic heterocycles. The van der Waals surface area contributed by atoms with Gasteiger partial charge in [-0.25, -0.2) is 8.78 Å². The summed E-state index contributed by atoms with van der Waals surface area (Å²) in [6, 6.07) is 3.16. The smallest absolute Gasteiger partial charge is 0.277 e. The van der Waals surface area contributed by atoms with Gasteiger partial charge in [-0.05, 0) is 31.9 Å². The van der Waals surface area contributed by atoms with E-state index in [1.54, 1.807) is 0 Å². The Labute approximate surface area is 204 Å². The molecule has 0 radical (unpaired) electrons. The van der Waals surface area contributed by atoms with Crippen molar-refractivity contribution < 1.29 is 18.7 Å². The highest BCUT2D eigenvalue weighted by Crippen LogP contribution is 2.29. The summed E-state index contributed by atoms with van der Waals surface area (Å²) in [6.45, 7) is 4.40. The van der Waals surface area contributed by atoms with E-state index < -0.39 is 28.7 Å². The molecule has 1 N–H and O–H groups in total. The van der Waals surface area contributed by atoms with Crippen molar-refractivity contribution in [1.29, 1.82) is 0 Å². The molecular formula is C24H23F2N5O3S. The van der Waals surface area contributed by atoms with E-state index in [1.165, 1.54) is 21.8 Å². The maximum atomic E-state index is 14.1. The van der Waals surface area contributed by atoms with Gasteiger partial charge in [-0.15, -0.1) is 22.5 Å². The Morgan fingerprint density at radius 2 is 2.06 bits per heavy atom. The topological polar surface area (TPSA) is 91.6 Å². The molecule has 0 saturated heterocycles. The Kier molecular flexibility index (Phi) is 6.84. The highest BCUT2D eigenvalue weighted by atomic mass is 32.1. The lowest BCUT2D eigenvalue weighted by Gasteiger charge is -2.42. The first-order chi connectivity index (χ1) is 16.7. The zero-order valence-corrected chi connectivity index (χ0v) is 20.0. The van der Waals surface area contributed by atoms with Gasteiger partial charge in [-0.3, -0.25) is 19.3 Å². The maximum absolute atomic E-state index is 14.1. The fraction of sp³-hybridized carbons (Fsp3) is 0.333. The van der Waals surface area contributed by atoms with E-state index in [4.69, 9.17) is 6.42 Å². The van der Waals surface area contributed by atoms with Gasteiger partial charge in [0.25, 0.3) is 5.91 Å². The molecule has 0 spiro atoms. The van der Waals surface area contributed by atoms with E-state index in [1.807, 2.05) is 18.9 Å². The number of terminal acetylenes is 1. The molecule has 3 aromatic rings. The van der Waals surface area contributed by atoms with Crippen LogP contribution < -0.4 is 10.4 Å². The van der Waals surface area contributed by atoms with Gasteiger partial charge in [-0.2, -0.15) is 0 Å². The summed E-state index contributed by atoms with van der Waals surface area (Å²) in [5.41, 5.74) is -0.591. The summed E-state index contributed by atoms with van der Waals surface area (Å²) in [7, 11) is 0. The van der Waals surface area contributed by atoms with Gasteiger partial charge in [0.05, 0.1) is 5.56 Å². The first kappa shape index (κ1) is 24.3. The Bertz CT molecular complexity index is 1380. The number of aromatic nitrogens is 3. The molecule has 0 aliphatic carbocycles. The van der Waals surface area contributed by atoms with Crippen molar-refractivity contribution in [2.75, 3.05) is 18.2 Å². The first-order valence-corrected chi connectivity index (χ1v) is 11.8. The minimum Gasteiger partial charge on any atom is -0.502 e. The summed E-state index contributed by atoms with van der Waals surface area (Å²) in [6.07, 6.45) is 8.10. The summed E-state index contributed by atoms with van der Waals surface area (Å²) in [5.74, 6) is 0.0778. The van der Waals surface area contributed by atoms with Crippen LogP contribution >= 0.6 is 11.3 Å². The highest BCUT2D eigenvalue weighted by molar-refractivity contribution is 7.14. The van der Waals surface area contributed by atoms with Crippen molar-refractivity contribution in [2.24, 2.45) is 0 Å². The molecule has 1 atom stereocenters. The number of carbonyl (C=O) groups excluding carboxylic acids is 1. The molecule has 1 aromatic carbocycles. The zero-order chi connectivity index (χ0) is 25.3. The SMILES string of the molecule is C#CCC[C@@H](C)N1CN(CC)C(=O)c2c(O)c(=O)c(-c3nnc(Cc4ccc(F)cc4F)s3)cn21. The summed E-state index contributed by atoms with van der Waals surface area (Å²) < 4.78 is 28.7. The average molecular weight is 500 g/mol. The van der Waals surface area contributed by atoms with Gasteiger partial charge in [0, 0.05) is 37.7 Å². The molecular weight excluding hydrogens is 476 g/mol. The maximum Gasteiger partial charge on any atom is 0.277 e. The minimum atomic E-state index is -0.755. The monoisotopic (exact) mass is 499 g/mol. The van der Waals surface area contributed by atoms with E-state index in [0.717, 1.165) is 23.5 Å². The lowest BCUT2D eigenvalue weighted by Crippen LogP contribution is -2.57. The van der Waals surface area contributed by atoms with Crippen molar-refractivity contribution in [3.63, 3.8) is 0 Å². The van der Waals surface area contributed by atoms with Crippen LogP contribution in [0.15, 0.2) is 29.2 Å². The molecule has 0 fully saturated rings. The summed E-state index contributed by atoms with van der Waals surface area (Å²) in [5, 5.41) is 21.3. The third-order valence-corrected chi connectivity index (χ3v) is 6.85. The van der Waals surface area contributed by atoms with Crippen LogP contribution in [0.5, 0.6) is 5.75 Å². The summed E-state index contributed by atoms with van der Waals surface area (Å²) >= 11 is 1.05. The normalized spacial score (nSPS) is 14.1. The van der Waals surface area contributed by atoms with Gasteiger partial charge >= 0.3 is 0 Å². The van der Waals surface area contributed by atoms with E-state index in [9.17, 15) is 23.5 Å². The number of rotatable bonds is 7. The largest absolute Gasteiger partial charge is 0.502 e. The van der Waals surface area contributed by atoms with E-state index in [-0.39, 0.29) is 41.0 Å². The Balaban J connectivity index is 1.75. The average Bonchev–Trinajstić information content (AvgIpc) is 3.29. The molecule has 4 rings (SSSR count). The van der Waals surface area contributed by atoms with Crippen LogP contribution in [-0.2, 0) is 6.42 Å². The summed E-state index contributed by atoms with van der Waals surface area (Å²) in [4.78, 5) is 27.5. The molecule has 0 unspecified atom stereocenters. The number of halogens is 2. The van der Waals surface area contributed by atoms with Crippen molar-refractivity contribution in [2.45, 2.75) is 39.2 Å². The quantitative estimate of drug-likeness (QED) is 0.503. The van der Waals surface area contributed by atoms with Crippen molar-refractivity contribution in [1.82, 2.24) is 19.8 Å². The predicted molar refractivity (Wildman–Crippen MR) is 128 cm³/mol. The van der Waals surface area contributed by atoms with Crippen molar-refractivity contribution >= 4 is 17.2 Å². The van der Waals surface area contributed by atoms with Crippen LogP contribution in [0, 0.1) is 24.0 Å². The van der Waals surface area contributed by atoms with Crippen LogP contribution in [-0.4, -0.2) is 50.0 Å². The number of fused-ring (bicyclic) bond motifs is 1. The number of aromatic hydroxyl groups is 1. The standard InChI is InChI=1S/C24H23F2N5O3S/c1-4-6-7-14(3)31-13-29(5-2)24(34)20-22(33)21(32)17(12-30(20)31)23-28-27-19(35-23)10-15-8-9-16(25)11-18(15)26/h1,8-9,11-12,14,33H,5-7,10,13H2,2-3H3/t14-/m1/s1. The minimum absolute atomic E-state index is 0.0568.